The summed E-state index contributed by atoms with van der Waals surface area (Å²) in [4.78, 5) is 0. The van der Waals surface area contributed by atoms with Gasteiger partial charge in [0.25, 0.3) is 0 Å². The fraction of sp³-hybridized carbons (Fsp3) is 0.333. The highest BCUT2D eigenvalue weighted by atomic mass is 79.9. The van der Waals surface area contributed by atoms with Gasteiger partial charge in [0, 0.05) is 22.7 Å². The first-order chi connectivity index (χ1) is 11.1. The summed E-state index contributed by atoms with van der Waals surface area (Å²) >= 11 is 3.53. The lowest BCUT2D eigenvalue weighted by Crippen LogP contribution is -2.40. The normalized spacial score (nSPS) is 12.8. The highest BCUT2D eigenvalue weighted by Gasteiger charge is 2.15. The average Bonchev–Trinajstić information content (AvgIpc) is 2.55. The number of halogens is 2. The molecule has 2 atom stereocenters. The van der Waals surface area contributed by atoms with Gasteiger partial charge in [-0.25, -0.2) is 0 Å². The molecule has 24 heavy (non-hydrogen) atoms. The molecule has 0 spiro atoms. The summed E-state index contributed by atoms with van der Waals surface area (Å²) in [5.74, 6) is 0.737. The Labute approximate surface area is 157 Å². The van der Waals surface area contributed by atoms with Crippen LogP contribution in [0.15, 0.2) is 53.0 Å². The van der Waals surface area contributed by atoms with E-state index in [1.165, 1.54) is 5.56 Å². The minimum absolute atomic E-state index is 0. The molecule has 132 valence electrons. The summed E-state index contributed by atoms with van der Waals surface area (Å²) < 4.78 is 6.55. The maximum absolute atomic E-state index is 10.1. The molecule has 0 aliphatic rings. The summed E-state index contributed by atoms with van der Waals surface area (Å²) in [7, 11) is 0. The number of hydrogen-bond donors (Lipinski definition) is 3. The van der Waals surface area contributed by atoms with Gasteiger partial charge in [0.1, 0.15) is 18.5 Å². The van der Waals surface area contributed by atoms with Crippen LogP contribution >= 0.6 is 28.3 Å². The molecule has 0 saturated carbocycles. The van der Waals surface area contributed by atoms with Crippen LogP contribution in [-0.4, -0.2) is 30.4 Å². The second-order valence-corrected chi connectivity index (χ2v) is 6.41. The Morgan fingerprint density at radius 1 is 1.21 bits per heavy atom. The molecule has 0 radical (unpaired) electrons. The molecule has 4 nitrogen and oxygen atoms in total. The number of anilines is 1. The Morgan fingerprint density at radius 3 is 2.58 bits per heavy atom. The van der Waals surface area contributed by atoms with E-state index in [1.54, 1.807) is 0 Å². The van der Waals surface area contributed by atoms with E-state index in [1.807, 2.05) is 43.3 Å². The van der Waals surface area contributed by atoms with E-state index >= 15 is 0 Å². The lowest BCUT2D eigenvalue weighted by molar-refractivity contribution is 0.0836. The number of para-hydroxylation sites is 1. The van der Waals surface area contributed by atoms with Crippen molar-refractivity contribution in [2.24, 2.45) is 5.73 Å². The summed E-state index contributed by atoms with van der Waals surface area (Å²) in [6, 6.07) is 15.2. The van der Waals surface area contributed by atoms with Gasteiger partial charge < -0.3 is 20.9 Å². The number of hydrogen-bond acceptors (Lipinski definition) is 4. The largest absolute Gasteiger partial charge is 0.491 e. The Bertz CT molecular complexity index is 613. The Hall–Kier alpha value is -1.27. The second-order valence-electron chi connectivity index (χ2n) is 5.55. The van der Waals surface area contributed by atoms with Gasteiger partial charge in [0.2, 0.25) is 0 Å². The van der Waals surface area contributed by atoms with Gasteiger partial charge in [0.15, 0.2) is 0 Å². The van der Waals surface area contributed by atoms with Crippen molar-refractivity contribution in [1.82, 2.24) is 0 Å². The van der Waals surface area contributed by atoms with Crippen LogP contribution in [0.4, 0.5) is 5.69 Å². The molecule has 0 fully saturated rings. The molecule has 2 aromatic rings. The van der Waals surface area contributed by atoms with Crippen molar-refractivity contribution in [3.05, 3.63) is 58.6 Å². The Kier molecular flexibility index (Phi) is 9.14. The van der Waals surface area contributed by atoms with E-state index in [2.05, 4.69) is 33.4 Å². The zero-order valence-corrected chi connectivity index (χ0v) is 16.0. The van der Waals surface area contributed by atoms with Crippen molar-refractivity contribution in [1.29, 1.82) is 0 Å². The number of aliphatic hydroxyl groups excluding tert-OH is 1. The molecule has 0 bridgehead atoms. The van der Waals surface area contributed by atoms with Gasteiger partial charge in [-0.1, -0.05) is 24.3 Å². The highest BCUT2D eigenvalue weighted by Crippen LogP contribution is 2.23. The van der Waals surface area contributed by atoms with Crippen LogP contribution in [-0.2, 0) is 0 Å². The number of aryl methyl sites for hydroxylation is 1. The predicted octanol–water partition coefficient (Wildman–Crippen LogP) is 3.75. The molecule has 0 saturated heterocycles. The summed E-state index contributed by atoms with van der Waals surface area (Å²) in [5, 5.41) is 13.4. The predicted molar refractivity (Wildman–Crippen MR) is 105 cm³/mol. The van der Waals surface area contributed by atoms with Crippen LogP contribution < -0.4 is 15.8 Å². The lowest BCUT2D eigenvalue weighted by Gasteiger charge is -2.20. The Morgan fingerprint density at radius 2 is 1.92 bits per heavy atom. The van der Waals surface area contributed by atoms with Crippen LogP contribution in [0.25, 0.3) is 0 Å². The van der Waals surface area contributed by atoms with Crippen molar-refractivity contribution in [2.75, 3.05) is 18.5 Å². The molecule has 2 aromatic carbocycles. The minimum Gasteiger partial charge on any atom is -0.491 e. The van der Waals surface area contributed by atoms with Gasteiger partial charge in [-0.3, -0.25) is 0 Å². The molecule has 6 heteroatoms. The molecular formula is C18H24BrClN2O2. The molecule has 0 aliphatic carbocycles. The number of nitrogens with two attached hydrogens (primary N) is 1. The Balaban J connectivity index is 0.00000288. The maximum Gasteiger partial charge on any atom is 0.119 e. The van der Waals surface area contributed by atoms with Crippen LogP contribution in [0.1, 0.15) is 12.0 Å². The van der Waals surface area contributed by atoms with Gasteiger partial charge in [0.05, 0.1) is 0 Å². The molecule has 0 aromatic heterocycles. The van der Waals surface area contributed by atoms with E-state index in [0.717, 1.165) is 15.9 Å². The standard InChI is InChI=1S/C18H23BrN2O2.ClH/c1-13-7-8-17(15(19)11-13)21-10-9-16(20)18(22)12-23-14-5-3-2-4-6-14;/h2-8,11,16,18,21-22H,9-10,12,20H2,1H3;1H. The third-order valence-corrected chi connectivity index (χ3v) is 4.23. The van der Waals surface area contributed by atoms with Crippen LogP contribution in [0.2, 0.25) is 0 Å². The van der Waals surface area contributed by atoms with Gasteiger partial charge in [-0.15, -0.1) is 12.4 Å². The summed E-state index contributed by atoms with van der Waals surface area (Å²) in [6.07, 6.45) is -0.0435. The van der Waals surface area contributed by atoms with Crippen molar-refractivity contribution in [2.45, 2.75) is 25.5 Å². The molecule has 2 rings (SSSR count). The fourth-order valence-electron chi connectivity index (χ4n) is 2.15. The zero-order valence-electron chi connectivity index (χ0n) is 13.6. The van der Waals surface area contributed by atoms with Crippen LogP contribution in [0.5, 0.6) is 5.75 Å². The first-order valence-electron chi connectivity index (χ1n) is 7.68. The summed E-state index contributed by atoms with van der Waals surface area (Å²) in [5.41, 5.74) is 8.25. The van der Waals surface area contributed by atoms with Gasteiger partial charge >= 0.3 is 0 Å². The molecule has 4 N–H and O–H groups in total. The number of nitrogens with one attached hydrogen (secondary N) is 1. The van der Waals surface area contributed by atoms with Crippen molar-refractivity contribution >= 4 is 34.0 Å². The third-order valence-electron chi connectivity index (χ3n) is 3.58. The topological polar surface area (TPSA) is 67.5 Å². The van der Waals surface area contributed by atoms with Crippen LogP contribution in [0.3, 0.4) is 0 Å². The number of benzene rings is 2. The SMILES string of the molecule is Cc1ccc(NCCC(N)C(O)COc2ccccc2)c(Br)c1.Cl. The fourth-order valence-corrected chi connectivity index (χ4v) is 2.78. The third kappa shape index (κ3) is 6.69. The molecule has 2 unspecified atom stereocenters. The van der Waals surface area contributed by atoms with E-state index < -0.39 is 6.10 Å². The first-order valence-corrected chi connectivity index (χ1v) is 8.47. The number of ether oxygens (including phenoxy) is 1. The lowest BCUT2D eigenvalue weighted by atomic mass is 10.1. The zero-order chi connectivity index (χ0) is 16.7. The molecule has 0 aliphatic heterocycles. The van der Waals surface area contributed by atoms with E-state index in [-0.39, 0.29) is 25.1 Å². The van der Waals surface area contributed by atoms with E-state index in [4.69, 9.17) is 10.5 Å². The highest BCUT2D eigenvalue weighted by molar-refractivity contribution is 9.10. The first kappa shape index (κ1) is 20.8. The van der Waals surface area contributed by atoms with Crippen molar-refractivity contribution < 1.29 is 9.84 Å². The smallest absolute Gasteiger partial charge is 0.119 e. The van der Waals surface area contributed by atoms with Crippen molar-refractivity contribution in [3.8, 4) is 5.75 Å². The monoisotopic (exact) mass is 414 g/mol. The van der Waals surface area contributed by atoms with Crippen LogP contribution in [0, 0.1) is 6.92 Å². The van der Waals surface area contributed by atoms with E-state index in [0.29, 0.717) is 13.0 Å². The average molecular weight is 416 g/mol. The number of aliphatic hydroxyl groups is 1. The molecule has 0 heterocycles. The molecule has 0 amide bonds. The minimum atomic E-state index is -0.696. The van der Waals surface area contributed by atoms with E-state index in [9.17, 15) is 5.11 Å². The van der Waals surface area contributed by atoms with Gasteiger partial charge in [-0.05, 0) is 59.1 Å². The maximum atomic E-state index is 10.1. The molecular weight excluding hydrogens is 392 g/mol. The van der Waals surface area contributed by atoms with Crippen molar-refractivity contribution in [3.63, 3.8) is 0 Å². The second kappa shape index (κ2) is 10.6. The summed E-state index contributed by atoms with van der Waals surface area (Å²) in [6.45, 7) is 2.93. The number of rotatable bonds is 8. The van der Waals surface area contributed by atoms with Gasteiger partial charge in [-0.2, -0.15) is 0 Å². The quantitative estimate of drug-likeness (QED) is 0.614.